The van der Waals surface area contributed by atoms with Crippen molar-refractivity contribution in [1.29, 1.82) is 0 Å². The molecule has 1 atom stereocenters. The Hall–Kier alpha value is -4.29. The van der Waals surface area contributed by atoms with Crippen LogP contribution in [-0.2, 0) is 22.4 Å². The van der Waals surface area contributed by atoms with Crippen LogP contribution in [0.15, 0.2) is 34.9 Å². The molecule has 40 heavy (non-hydrogen) atoms. The number of nitrogens with two attached hydrogens (primary N) is 1. The number of carbonyl (C=O) groups excluding carboxylic acids is 3. The fourth-order valence-electron chi connectivity index (χ4n) is 4.12. The monoisotopic (exact) mass is 558 g/mol. The largest absolute Gasteiger partial charge is 0.444 e. The van der Waals surface area contributed by atoms with Gasteiger partial charge in [-0.15, -0.1) is 0 Å². The van der Waals surface area contributed by atoms with Gasteiger partial charge >= 0.3 is 6.09 Å². The van der Waals surface area contributed by atoms with E-state index in [9.17, 15) is 23.2 Å². The molecule has 214 valence electrons. The first-order valence-electron chi connectivity index (χ1n) is 12.8. The van der Waals surface area contributed by atoms with E-state index in [1.165, 1.54) is 10.7 Å². The number of carbonyl (C=O) groups is 3. The zero-order valence-corrected chi connectivity index (χ0v) is 22.9. The number of benzene rings is 1. The molecule has 0 bridgehead atoms. The first-order chi connectivity index (χ1) is 18.6. The molecule has 0 saturated heterocycles. The smallest absolute Gasteiger partial charge is 0.413 e. The topological polar surface area (TPSA) is 154 Å². The predicted molar refractivity (Wildman–Crippen MR) is 142 cm³/mol. The first kappa shape index (κ1) is 28.7. The lowest BCUT2D eigenvalue weighted by molar-refractivity contribution is -0.115. The Balaban J connectivity index is 1.47. The number of hydrogen-bond acceptors (Lipinski definition) is 7. The standard InChI is InChI=1S/C27H32F2N6O5/c1-14(2)35-24(32-25(38)39-26(3,4)5)21(23(30)37)22(33-35)16-8-6-15(7-9-16)10-19(36)31-20-12-18(34-40-20)11-17-13-27(17,28)29/h6-9,12,14,17H,10-11,13H2,1-5H3,(H2,30,37)(H,31,36)(H,32,38). The van der Waals surface area contributed by atoms with Crippen molar-refractivity contribution in [2.45, 2.75) is 71.4 Å². The summed E-state index contributed by atoms with van der Waals surface area (Å²) in [7, 11) is 0. The number of nitrogens with zero attached hydrogens (tertiary/aromatic N) is 3. The molecule has 4 rings (SSSR count). The molecule has 1 saturated carbocycles. The number of rotatable bonds is 9. The van der Waals surface area contributed by atoms with Crippen LogP contribution in [0.5, 0.6) is 0 Å². The molecule has 3 amide bonds. The van der Waals surface area contributed by atoms with Crippen LogP contribution in [0.2, 0.25) is 0 Å². The second-order valence-electron chi connectivity index (χ2n) is 11.1. The highest BCUT2D eigenvalue weighted by Gasteiger charge is 2.56. The van der Waals surface area contributed by atoms with Gasteiger partial charge in [-0.25, -0.2) is 18.3 Å². The zero-order valence-electron chi connectivity index (χ0n) is 22.9. The third kappa shape index (κ3) is 6.82. The van der Waals surface area contributed by atoms with E-state index in [0.29, 0.717) is 16.8 Å². The molecule has 11 nitrogen and oxygen atoms in total. The minimum absolute atomic E-state index is 0.00836. The molecule has 1 fully saturated rings. The number of amides is 3. The third-order valence-corrected chi connectivity index (χ3v) is 6.09. The molecular weight excluding hydrogens is 526 g/mol. The minimum atomic E-state index is -2.66. The lowest BCUT2D eigenvalue weighted by Crippen LogP contribution is -2.29. The van der Waals surface area contributed by atoms with Gasteiger partial charge < -0.3 is 15.0 Å². The Kier molecular flexibility index (Phi) is 7.68. The molecule has 2 aromatic heterocycles. The number of anilines is 2. The van der Waals surface area contributed by atoms with Crippen LogP contribution in [0, 0.1) is 5.92 Å². The molecular formula is C27H32F2N6O5. The number of primary amides is 1. The summed E-state index contributed by atoms with van der Waals surface area (Å²) in [6, 6.07) is 7.96. The van der Waals surface area contributed by atoms with Crippen LogP contribution in [0.3, 0.4) is 0 Å². The van der Waals surface area contributed by atoms with Crippen molar-refractivity contribution in [3.8, 4) is 11.3 Å². The number of hydrogen-bond donors (Lipinski definition) is 3. The second-order valence-corrected chi connectivity index (χ2v) is 11.1. The lowest BCUT2D eigenvalue weighted by atomic mass is 10.0. The summed E-state index contributed by atoms with van der Waals surface area (Å²) in [6.45, 7) is 8.83. The van der Waals surface area contributed by atoms with Crippen LogP contribution >= 0.6 is 0 Å². The Morgan fingerprint density at radius 2 is 1.85 bits per heavy atom. The van der Waals surface area contributed by atoms with Gasteiger partial charge in [0.1, 0.15) is 22.7 Å². The summed E-state index contributed by atoms with van der Waals surface area (Å²) in [6.07, 6.45) is -0.847. The number of nitrogens with one attached hydrogen (secondary N) is 2. The number of halogens is 2. The van der Waals surface area contributed by atoms with Crippen molar-refractivity contribution in [2.75, 3.05) is 10.6 Å². The highest BCUT2D eigenvalue weighted by Crippen LogP contribution is 2.50. The van der Waals surface area contributed by atoms with Crippen molar-refractivity contribution in [3.63, 3.8) is 0 Å². The van der Waals surface area contributed by atoms with E-state index < -0.39 is 35.3 Å². The van der Waals surface area contributed by atoms with Gasteiger partial charge in [0.2, 0.25) is 11.8 Å². The van der Waals surface area contributed by atoms with Crippen molar-refractivity contribution in [1.82, 2.24) is 14.9 Å². The average Bonchev–Trinajstić information content (AvgIpc) is 3.12. The summed E-state index contributed by atoms with van der Waals surface area (Å²) in [5, 5.41) is 13.4. The maximum Gasteiger partial charge on any atom is 0.413 e. The summed E-state index contributed by atoms with van der Waals surface area (Å²) < 4.78 is 38.1. The molecule has 13 heteroatoms. The van der Waals surface area contributed by atoms with Gasteiger partial charge in [0.15, 0.2) is 0 Å². The Labute approximate surface area is 229 Å². The molecule has 2 heterocycles. The van der Waals surface area contributed by atoms with E-state index in [4.69, 9.17) is 15.0 Å². The molecule has 1 aliphatic carbocycles. The number of alkyl halides is 2. The fourth-order valence-corrected chi connectivity index (χ4v) is 4.12. The van der Waals surface area contributed by atoms with E-state index in [0.717, 1.165) is 0 Å². The van der Waals surface area contributed by atoms with Crippen molar-refractivity contribution < 1.29 is 32.4 Å². The highest BCUT2D eigenvalue weighted by molar-refractivity contribution is 6.06. The summed E-state index contributed by atoms with van der Waals surface area (Å²) in [5.41, 5.74) is 6.77. The zero-order chi connectivity index (χ0) is 29.4. The normalized spacial score (nSPS) is 16.1. The molecule has 1 aliphatic rings. The Morgan fingerprint density at radius 3 is 2.40 bits per heavy atom. The molecule has 0 spiro atoms. The van der Waals surface area contributed by atoms with E-state index in [1.807, 2.05) is 13.8 Å². The van der Waals surface area contributed by atoms with Crippen LogP contribution in [0.1, 0.15) is 68.7 Å². The molecule has 0 aliphatic heterocycles. The maximum absolute atomic E-state index is 13.1. The SMILES string of the molecule is CC(C)n1nc(-c2ccc(CC(=O)Nc3cc(CC4CC4(F)F)no3)cc2)c(C(N)=O)c1NC(=O)OC(C)(C)C. The molecule has 4 N–H and O–H groups in total. The number of ether oxygens (including phenoxy) is 1. The molecule has 1 aromatic carbocycles. The fraction of sp³-hybridized carbons (Fsp3) is 0.444. The highest BCUT2D eigenvalue weighted by atomic mass is 19.3. The van der Waals surface area contributed by atoms with Crippen LogP contribution in [0.25, 0.3) is 11.3 Å². The minimum Gasteiger partial charge on any atom is -0.444 e. The molecule has 3 aromatic rings. The lowest BCUT2D eigenvalue weighted by Gasteiger charge is -2.20. The first-order valence-corrected chi connectivity index (χ1v) is 12.8. The predicted octanol–water partition coefficient (Wildman–Crippen LogP) is 4.94. The second kappa shape index (κ2) is 10.7. The van der Waals surface area contributed by atoms with E-state index in [-0.39, 0.29) is 48.3 Å². The van der Waals surface area contributed by atoms with Gasteiger partial charge in [-0.05, 0) is 40.2 Å². The average molecular weight is 559 g/mol. The van der Waals surface area contributed by atoms with E-state index in [1.54, 1.807) is 45.0 Å². The molecule has 1 unspecified atom stereocenters. The number of aromatic nitrogens is 3. The van der Waals surface area contributed by atoms with Gasteiger partial charge in [-0.3, -0.25) is 20.2 Å². The maximum atomic E-state index is 13.1. The van der Waals surface area contributed by atoms with Crippen molar-refractivity contribution in [2.24, 2.45) is 11.7 Å². The van der Waals surface area contributed by atoms with Crippen molar-refractivity contribution in [3.05, 3.63) is 47.2 Å². The van der Waals surface area contributed by atoms with Gasteiger partial charge in [0.05, 0.1) is 12.1 Å². The van der Waals surface area contributed by atoms with Gasteiger partial charge in [-0.1, -0.05) is 29.4 Å². The van der Waals surface area contributed by atoms with Crippen LogP contribution < -0.4 is 16.4 Å². The summed E-state index contributed by atoms with van der Waals surface area (Å²) in [4.78, 5) is 37.5. The van der Waals surface area contributed by atoms with Gasteiger partial charge in [-0.2, -0.15) is 5.10 Å². The van der Waals surface area contributed by atoms with Gasteiger partial charge in [0, 0.05) is 36.4 Å². The summed E-state index contributed by atoms with van der Waals surface area (Å²) >= 11 is 0. The van der Waals surface area contributed by atoms with Crippen LogP contribution in [0.4, 0.5) is 25.3 Å². The van der Waals surface area contributed by atoms with E-state index in [2.05, 4.69) is 20.9 Å². The van der Waals surface area contributed by atoms with Crippen LogP contribution in [-0.4, -0.2) is 44.4 Å². The quantitative estimate of drug-likeness (QED) is 0.336. The Morgan fingerprint density at radius 1 is 1.20 bits per heavy atom. The summed E-state index contributed by atoms with van der Waals surface area (Å²) in [5.74, 6) is -4.38. The van der Waals surface area contributed by atoms with Gasteiger partial charge in [0.25, 0.3) is 11.8 Å². The third-order valence-electron chi connectivity index (χ3n) is 6.09. The van der Waals surface area contributed by atoms with Crippen molar-refractivity contribution >= 4 is 29.6 Å². The Bertz CT molecular complexity index is 1420. The van der Waals surface area contributed by atoms with E-state index >= 15 is 0 Å². The molecule has 0 radical (unpaired) electrons.